The maximum Gasteiger partial charge on any atom is 0.229 e. The van der Waals surface area contributed by atoms with Crippen LogP contribution in [-0.4, -0.2) is 72.9 Å². The summed E-state index contributed by atoms with van der Waals surface area (Å²) in [5.41, 5.74) is 3.30. The summed E-state index contributed by atoms with van der Waals surface area (Å²) in [6.07, 6.45) is 3.21. The third kappa shape index (κ3) is 6.28. The van der Waals surface area contributed by atoms with E-state index in [1.165, 1.54) is 11.1 Å². The minimum absolute atomic E-state index is 0.184. The Labute approximate surface area is 257 Å². The zero-order valence-electron chi connectivity index (χ0n) is 24.4. The summed E-state index contributed by atoms with van der Waals surface area (Å²) in [4.78, 5) is 33.7. The Morgan fingerprint density at radius 1 is 0.881 bits per heavy atom. The maximum absolute atomic E-state index is 13.6. The molecule has 1 spiro atoms. The third-order valence-electron chi connectivity index (χ3n) is 9.73. The number of piperidine rings is 1. The van der Waals surface area contributed by atoms with Crippen molar-refractivity contribution in [2.75, 3.05) is 46.4 Å². The van der Waals surface area contributed by atoms with Crippen molar-refractivity contribution in [2.45, 2.75) is 38.1 Å². The van der Waals surface area contributed by atoms with E-state index in [1.807, 2.05) is 36.4 Å². The summed E-state index contributed by atoms with van der Waals surface area (Å²) in [5.74, 6) is 2.01. The number of methoxy groups -OCH3 is 1. The Morgan fingerprint density at radius 2 is 1.55 bits per heavy atom. The fourth-order valence-electron chi connectivity index (χ4n) is 7.18. The van der Waals surface area contributed by atoms with Gasteiger partial charge in [-0.3, -0.25) is 9.59 Å². The average Bonchev–Trinajstić information content (AvgIpc) is 3.57. The van der Waals surface area contributed by atoms with E-state index >= 15 is 0 Å². The first-order valence-corrected chi connectivity index (χ1v) is 15.9. The quantitative estimate of drug-likeness (QED) is 0.318. The monoisotopic (exact) mass is 629 g/mol. The van der Waals surface area contributed by atoms with Gasteiger partial charge in [0.25, 0.3) is 0 Å². The molecule has 0 saturated carbocycles. The van der Waals surface area contributed by atoms with Crippen molar-refractivity contribution in [2.24, 2.45) is 11.3 Å². The minimum Gasteiger partial charge on any atom is -0.497 e. The van der Waals surface area contributed by atoms with Crippen molar-refractivity contribution in [3.8, 4) is 5.75 Å². The molecule has 6 nitrogen and oxygen atoms in total. The van der Waals surface area contributed by atoms with Crippen molar-refractivity contribution in [1.29, 1.82) is 0 Å². The lowest BCUT2D eigenvalue weighted by Gasteiger charge is -2.39. The molecule has 3 heterocycles. The highest BCUT2D eigenvalue weighted by Crippen LogP contribution is 2.43. The molecule has 0 aliphatic carbocycles. The third-order valence-corrected chi connectivity index (χ3v) is 10.3. The maximum atomic E-state index is 13.6. The van der Waals surface area contributed by atoms with Crippen LogP contribution < -0.4 is 4.74 Å². The second-order valence-electron chi connectivity index (χ2n) is 12.3. The molecule has 0 radical (unpaired) electrons. The van der Waals surface area contributed by atoms with Crippen LogP contribution in [0.25, 0.3) is 0 Å². The number of likely N-dealkylation sites (tertiary alicyclic amines) is 3. The van der Waals surface area contributed by atoms with E-state index in [9.17, 15) is 9.59 Å². The fraction of sp³-hybridized carbons (Fsp3) is 0.429. The average molecular weight is 631 g/mol. The molecule has 0 N–H and O–H groups in total. The fourth-order valence-corrected chi connectivity index (χ4v) is 7.44. The number of carbonyl (C=O) groups is 2. The number of rotatable bonds is 8. The van der Waals surface area contributed by atoms with Crippen molar-refractivity contribution >= 4 is 27.7 Å². The number of hydrogen-bond acceptors (Lipinski definition) is 4. The summed E-state index contributed by atoms with van der Waals surface area (Å²) in [7, 11) is 1.65. The second-order valence-corrected chi connectivity index (χ2v) is 13.2. The van der Waals surface area contributed by atoms with Crippen molar-refractivity contribution in [3.63, 3.8) is 0 Å². The van der Waals surface area contributed by atoms with E-state index in [0.29, 0.717) is 30.7 Å². The SMILES string of the molecule is COc1ccc(CC(=O)N2C[C@H](CN3CCC4(CC3)CCN(Cc3ccc(Br)cc3)C4=O)[C@@H](c3ccccc3)C2)cc1. The van der Waals surface area contributed by atoms with Crippen LogP contribution in [0.3, 0.4) is 0 Å². The normalized spacial score (nSPS) is 22.2. The van der Waals surface area contributed by atoms with Gasteiger partial charge in [-0.05, 0) is 79.2 Å². The number of halogens is 1. The largest absolute Gasteiger partial charge is 0.497 e. The molecule has 220 valence electrons. The van der Waals surface area contributed by atoms with Crippen LogP contribution in [0.2, 0.25) is 0 Å². The molecule has 2 atom stereocenters. The zero-order valence-corrected chi connectivity index (χ0v) is 26.0. The molecule has 3 aliphatic heterocycles. The Kier molecular flexibility index (Phi) is 8.68. The van der Waals surface area contributed by atoms with Gasteiger partial charge < -0.3 is 19.4 Å². The summed E-state index contributed by atoms with van der Waals surface area (Å²) in [6, 6.07) is 26.8. The van der Waals surface area contributed by atoms with Gasteiger partial charge in [-0.25, -0.2) is 0 Å². The number of hydrogen-bond donors (Lipinski definition) is 0. The molecular formula is C35H40BrN3O3. The number of ether oxygens (including phenoxy) is 1. The first kappa shape index (κ1) is 28.9. The molecular weight excluding hydrogens is 590 g/mol. The molecule has 0 bridgehead atoms. The highest BCUT2D eigenvalue weighted by molar-refractivity contribution is 9.10. The lowest BCUT2D eigenvalue weighted by atomic mass is 9.76. The smallest absolute Gasteiger partial charge is 0.229 e. The van der Waals surface area contributed by atoms with E-state index in [2.05, 4.69) is 73.1 Å². The lowest BCUT2D eigenvalue weighted by Crippen LogP contribution is -2.46. The van der Waals surface area contributed by atoms with Crippen LogP contribution in [0, 0.1) is 11.3 Å². The minimum atomic E-state index is -0.208. The number of nitrogens with zero attached hydrogens (tertiary/aromatic N) is 3. The highest BCUT2D eigenvalue weighted by atomic mass is 79.9. The van der Waals surface area contributed by atoms with Crippen LogP contribution in [0.15, 0.2) is 83.3 Å². The van der Waals surface area contributed by atoms with Gasteiger partial charge in [-0.1, -0.05) is 70.5 Å². The summed E-state index contributed by atoms with van der Waals surface area (Å²) < 4.78 is 6.33. The van der Waals surface area contributed by atoms with Crippen molar-refractivity contribution < 1.29 is 14.3 Å². The van der Waals surface area contributed by atoms with Gasteiger partial charge in [0.2, 0.25) is 11.8 Å². The Bertz CT molecular complexity index is 1370. The molecule has 3 saturated heterocycles. The molecule has 42 heavy (non-hydrogen) atoms. The second kappa shape index (κ2) is 12.6. The van der Waals surface area contributed by atoms with Crippen LogP contribution in [0.1, 0.15) is 41.9 Å². The van der Waals surface area contributed by atoms with Gasteiger partial charge in [0.1, 0.15) is 5.75 Å². The van der Waals surface area contributed by atoms with Gasteiger partial charge in [0, 0.05) is 43.1 Å². The number of amides is 2. The molecule has 3 aromatic carbocycles. The standard InChI is InChI=1S/C35H40BrN3O3/c1-42-31-13-9-26(10-14-31)21-33(40)39-24-29(32(25-39)28-5-3-2-4-6-28)23-37-18-15-35(16-19-37)17-20-38(34(35)41)22-27-7-11-30(36)12-8-27/h2-14,29,32H,15-25H2,1H3/t29-,32+/m0/s1. The van der Waals surface area contributed by atoms with Crippen LogP contribution >= 0.6 is 15.9 Å². The van der Waals surface area contributed by atoms with E-state index in [4.69, 9.17) is 4.74 Å². The summed E-state index contributed by atoms with van der Waals surface area (Å²) >= 11 is 3.50. The molecule has 2 amide bonds. The molecule has 7 heteroatoms. The topological polar surface area (TPSA) is 53.1 Å². The zero-order chi connectivity index (χ0) is 29.1. The molecule has 3 fully saturated rings. The Hall–Kier alpha value is -3.16. The molecule has 3 aromatic rings. The van der Waals surface area contributed by atoms with Crippen LogP contribution in [-0.2, 0) is 22.6 Å². The Balaban J connectivity index is 1.08. The van der Waals surface area contributed by atoms with Gasteiger partial charge in [-0.15, -0.1) is 0 Å². The van der Waals surface area contributed by atoms with Gasteiger partial charge >= 0.3 is 0 Å². The molecule has 0 aromatic heterocycles. The van der Waals surface area contributed by atoms with E-state index < -0.39 is 0 Å². The first-order chi connectivity index (χ1) is 20.4. The predicted molar refractivity (Wildman–Crippen MR) is 168 cm³/mol. The summed E-state index contributed by atoms with van der Waals surface area (Å²) in [5, 5.41) is 0. The molecule has 3 aliphatic rings. The van der Waals surface area contributed by atoms with E-state index in [1.54, 1.807) is 7.11 Å². The van der Waals surface area contributed by atoms with E-state index in [0.717, 1.165) is 74.3 Å². The van der Waals surface area contributed by atoms with Crippen molar-refractivity contribution in [3.05, 3.63) is 100 Å². The molecule has 0 unspecified atom stereocenters. The highest BCUT2D eigenvalue weighted by Gasteiger charge is 2.48. The Morgan fingerprint density at radius 3 is 2.24 bits per heavy atom. The van der Waals surface area contributed by atoms with Crippen LogP contribution in [0.4, 0.5) is 0 Å². The predicted octanol–water partition coefficient (Wildman–Crippen LogP) is 5.76. The number of benzene rings is 3. The first-order valence-electron chi connectivity index (χ1n) is 15.1. The van der Waals surface area contributed by atoms with E-state index in [-0.39, 0.29) is 11.3 Å². The molecule has 6 rings (SSSR count). The van der Waals surface area contributed by atoms with Gasteiger partial charge in [-0.2, -0.15) is 0 Å². The number of carbonyl (C=O) groups excluding carboxylic acids is 2. The van der Waals surface area contributed by atoms with Gasteiger partial charge in [0.05, 0.1) is 18.9 Å². The van der Waals surface area contributed by atoms with Gasteiger partial charge in [0.15, 0.2) is 0 Å². The van der Waals surface area contributed by atoms with Crippen molar-refractivity contribution in [1.82, 2.24) is 14.7 Å². The lowest BCUT2D eigenvalue weighted by molar-refractivity contribution is -0.139. The summed E-state index contributed by atoms with van der Waals surface area (Å²) in [6.45, 7) is 5.91. The van der Waals surface area contributed by atoms with Crippen LogP contribution in [0.5, 0.6) is 5.75 Å².